The lowest BCUT2D eigenvalue weighted by Crippen LogP contribution is -1.92. The Kier molecular flexibility index (Phi) is 12.8. The zero-order valence-corrected chi connectivity index (χ0v) is 27.5. The highest BCUT2D eigenvalue weighted by Crippen LogP contribution is 2.24. The van der Waals surface area contributed by atoms with Crippen molar-refractivity contribution in [1.29, 1.82) is 0 Å². The summed E-state index contributed by atoms with van der Waals surface area (Å²) in [4.78, 5) is 0. The van der Waals surface area contributed by atoms with Crippen molar-refractivity contribution in [1.82, 2.24) is 14.9 Å². The molecule has 0 spiro atoms. The SMILES string of the molecule is CC(C)c1ccccc1.CC(C)c1ccccc1.CC(C)c1nn(C)c2ccccc12.CC(C)c1noc2ccccc12. The van der Waals surface area contributed by atoms with E-state index in [-0.39, 0.29) is 0 Å². The van der Waals surface area contributed by atoms with Gasteiger partial charge in [0.25, 0.3) is 0 Å². The van der Waals surface area contributed by atoms with Crippen LogP contribution in [-0.4, -0.2) is 14.9 Å². The molecule has 0 aliphatic rings. The number of hydrogen-bond donors (Lipinski definition) is 0. The molecule has 0 saturated heterocycles. The van der Waals surface area contributed by atoms with Crippen LogP contribution in [0.15, 0.2) is 114 Å². The van der Waals surface area contributed by atoms with Gasteiger partial charge in [-0.3, -0.25) is 4.68 Å². The summed E-state index contributed by atoms with van der Waals surface area (Å²) >= 11 is 0. The van der Waals surface area contributed by atoms with Gasteiger partial charge >= 0.3 is 0 Å². The molecule has 0 fully saturated rings. The van der Waals surface area contributed by atoms with E-state index < -0.39 is 0 Å². The van der Waals surface area contributed by atoms with E-state index in [2.05, 4.69) is 132 Å². The van der Waals surface area contributed by atoms with Gasteiger partial charge in [-0.05, 0) is 53.0 Å². The van der Waals surface area contributed by atoms with Crippen LogP contribution in [0.5, 0.6) is 0 Å². The van der Waals surface area contributed by atoms with Crippen molar-refractivity contribution < 1.29 is 4.52 Å². The van der Waals surface area contributed by atoms with Crippen LogP contribution in [0.1, 0.15) is 102 Å². The summed E-state index contributed by atoms with van der Waals surface area (Å²) in [5, 5.41) is 10.9. The van der Waals surface area contributed by atoms with Crippen LogP contribution in [0.2, 0.25) is 0 Å². The van der Waals surface area contributed by atoms with Crippen LogP contribution in [0.3, 0.4) is 0 Å². The van der Waals surface area contributed by atoms with Gasteiger partial charge in [0, 0.05) is 17.8 Å². The van der Waals surface area contributed by atoms with E-state index in [1.807, 2.05) is 54.2 Å². The first-order chi connectivity index (χ1) is 20.6. The summed E-state index contributed by atoms with van der Waals surface area (Å²) in [5.41, 5.74) is 7.16. The first kappa shape index (κ1) is 33.3. The predicted octanol–water partition coefficient (Wildman–Crippen LogP) is 11.3. The van der Waals surface area contributed by atoms with Gasteiger partial charge in [-0.2, -0.15) is 5.10 Å². The molecule has 0 aliphatic heterocycles. The van der Waals surface area contributed by atoms with E-state index in [0.717, 1.165) is 16.7 Å². The maximum Gasteiger partial charge on any atom is 0.167 e. The average molecular weight is 576 g/mol. The number of fused-ring (bicyclic) bond motifs is 2. The van der Waals surface area contributed by atoms with Crippen molar-refractivity contribution >= 4 is 21.9 Å². The van der Waals surface area contributed by atoms with Crippen molar-refractivity contribution in [2.45, 2.75) is 79.1 Å². The summed E-state index contributed by atoms with van der Waals surface area (Å²) in [7, 11) is 1.99. The van der Waals surface area contributed by atoms with E-state index in [9.17, 15) is 0 Å². The number of para-hydroxylation sites is 2. The third-order valence-corrected chi connectivity index (χ3v) is 7.22. The van der Waals surface area contributed by atoms with E-state index in [4.69, 9.17) is 4.52 Å². The number of hydrogen-bond acceptors (Lipinski definition) is 3. The molecule has 226 valence electrons. The first-order valence-electron chi connectivity index (χ1n) is 15.5. The van der Waals surface area contributed by atoms with Crippen molar-refractivity contribution in [3.05, 3.63) is 132 Å². The monoisotopic (exact) mass is 575 g/mol. The molecule has 0 atom stereocenters. The minimum atomic E-state index is 0.425. The Hall–Kier alpha value is -4.18. The fourth-order valence-corrected chi connectivity index (χ4v) is 4.67. The lowest BCUT2D eigenvalue weighted by atomic mass is 10.0. The molecule has 0 aliphatic carbocycles. The van der Waals surface area contributed by atoms with Crippen molar-refractivity contribution in [2.24, 2.45) is 7.05 Å². The molecule has 0 amide bonds. The molecule has 0 unspecified atom stereocenters. The highest BCUT2D eigenvalue weighted by atomic mass is 16.5. The Labute approximate surface area is 258 Å². The van der Waals surface area contributed by atoms with E-state index in [1.165, 1.54) is 27.7 Å². The van der Waals surface area contributed by atoms with Gasteiger partial charge in [0.05, 0.1) is 16.9 Å². The summed E-state index contributed by atoms with van der Waals surface area (Å²) < 4.78 is 7.11. The molecule has 43 heavy (non-hydrogen) atoms. The number of benzene rings is 4. The van der Waals surface area contributed by atoms with Crippen LogP contribution in [-0.2, 0) is 7.05 Å². The highest BCUT2D eigenvalue weighted by Gasteiger charge is 2.10. The number of nitrogens with zero attached hydrogens (tertiary/aromatic N) is 3. The average Bonchev–Trinajstić information content (AvgIpc) is 3.61. The van der Waals surface area contributed by atoms with Crippen LogP contribution in [0.25, 0.3) is 21.9 Å². The van der Waals surface area contributed by atoms with Crippen LogP contribution in [0, 0.1) is 0 Å². The van der Waals surface area contributed by atoms with Gasteiger partial charge in [-0.15, -0.1) is 0 Å². The molecule has 6 aromatic rings. The molecule has 6 rings (SSSR count). The fraction of sp³-hybridized carbons (Fsp3) is 0.333. The Morgan fingerprint density at radius 3 is 1.40 bits per heavy atom. The maximum atomic E-state index is 5.16. The molecule has 4 heteroatoms. The Bertz CT molecular complexity index is 1580. The smallest absolute Gasteiger partial charge is 0.167 e. The minimum Gasteiger partial charge on any atom is -0.356 e. The molecule has 0 radical (unpaired) electrons. The summed E-state index contributed by atoms with van der Waals surface area (Å²) in [6.07, 6.45) is 0. The first-order valence-corrected chi connectivity index (χ1v) is 15.5. The van der Waals surface area contributed by atoms with E-state index >= 15 is 0 Å². The topological polar surface area (TPSA) is 43.9 Å². The zero-order chi connectivity index (χ0) is 31.4. The lowest BCUT2D eigenvalue weighted by Gasteiger charge is -2.01. The molecule has 0 N–H and O–H groups in total. The zero-order valence-electron chi connectivity index (χ0n) is 27.5. The second-order valence-electron chi connectivity index (χ2n) is 12.0. The number of aromatic nitrogens is 3. The fourth-order valence-electron chi connectivity index (χ4n) is 4.67. The lowest BCUT2D eigenvalue weighted by molar-refractivity contribution is 0.441. The molecular weight excluding hydrogens is 526 g/mol. The molecule has 4 aromatic carbocycles. The molecule has 0 bridgehead atoms. The summed E-state index contributed by atoms with van der Waals surface area (Å²) in [5.74, 6) is 2.23. The highest BCUT2D eigenvalue weighted by molar-refractivity contribution is 5.82. The van der Waals surface area contributed by atoms with Crippen LogP contribution >= 0.6 is 0 Å². The maximum absolute atomic E-state index is 5.16. The second kappa shape index (κ2) is 16.5. The Morgan fingerprint density at radius 2 is 0.930 bits per heavy atom. The van der Waals surface area contributed by atoms with Gasteiger partial charge in [0.1, 0.15) is 0 Å². The van der Waals surface area contributed by atoms with Crippen LogP contribution in [0.4, 0.5) is 0 Å². The van der Waals surface area contributed by atoms with Gasteiger partial charge in [0.2, 0.25) is 0 Å². The predicted molar refractivity (Wildman–Crippen MR) is 184 cm³/mol. The third kappa shape index (κ3) is 9.68. The number of rotatable bonds is 4. The Balaban J connectivity index is 0.000000159. The summed E-state index contributed by atoms with van der Waals surface area (Å²) in [6, 6.07) is 37.3. The van der Waals surface area contributed by atoms with Gasteiger partial charge in [-0.1, -0.05) is 152 Å². The molecule has 2 aromatic heterocycles. The summed E-state index contributed by atoms with van der Waals surface area (Å²) in [6.45, 7) is 17.4. The third-order valence-electron chi connectivity index (χ3n) is 7.22. The minimum absolute atomic E-state index is 0.425. The van der Waals surface area contributed by atoms with Crippen molar-refractivity contribution in [3.8, 4) is 0 Å². The molecule has 2 heterocycles. The quantitative estimate of drug-likeness (QED) is 0.210. The van der Waals surface area contributed by atoms with Gasteiger partial charge < -0.3 is 4.52 Å². The van der Waals surface area contributed by atoms with Crippen molar-refractivity contribution in [3.63, 3.8) is 0 Å². The molecule has 0 saturated carbocycles. The van der Waals surface area contributed by atoms with Crippen LogP contribution < -0.4 is 0 Å². The van der Waals surface area contributed by atoms with Crippen molar-refractivity contribution in [2.75, 3.05) is 0 Å². The largest absolute Gasteiger partial charge is 0.356 e. The van der Waals surface area contributed by atoms with Gasteiger partial charge in [-0.25, -0.2) is 0 Å². The Morgan fingerprint density at radius 1 is 0.488 bits per heavy atom. The van der Waals surface area contributed by atoms with E-state index in [0.29, 0.717) is 23.7 Å². The normalized spacial score (nSPS) is 10.8. The molecule has 4 nitrogen and oxygen atoms in total. The standard InChI is InChI=1S/C11H14N2.C10H11NO.2C9H12/c1-8(2)11-9-6-4-5-7-10(9)13(3)12-11;1-7(2)10-8-5-3-4-6-9(8)12-11-10;2*1-8(2)9-6-4-3-5-7-9/h4-8H,1-3H3;3-7H,1-2H3;2*3-8H,1-2H3. The second-order valence-corrected chi connectivity index (χ2v) is 12.0. The molecular formula is C39H49N3O. The van der Waals surface area contributed by atoms with E-state index in [1.54, 1.807) is 0 Å². The number of aryl methyl sites for hydroxylation is 1. The van der Waals surface area contributed by atoms with Gasteiger partial charge in [0.15, 0.2) is 5.58 Å².